The summed E-state index contributed by atoms with van der Waals surface area (Å²) >= 11 is 0. The number of benzene rings is 1. The zero-order chi connectivity index (χ0) is 11.8. The number of nitrogen functional groups attached to an aromatic ring is 1. The summed E-state index contributed by atoms with van der Waals surface area (Å²) in [7, 11) is 0. The molecule has 0 aliphatic heterocycles. The Labute approximate surface area is 95.0 Å². The first-order valence-electron chi connectivity index (χ1n) is 4.96. The summed E-state index contributed by atoms with van der Waals surface area (Å²) in [5.41, 5.74) is 6.27. The van der Waals surface area contributed by atoms with Crippen molar-refractivity contribution in [1.82, 2.24) is 15.4 Å². The van der Waals surface area contributed by atoms with E-state index in [-0.39, 0.29) is 11.3 Å². The van der Waals surface area contributed by atoms with Gasteiger partial charge in [0.25, 0.3) is 5.56 Å². The molecule has 0 aliphatic carbocycles. The first-order valence-corrected chi connectivity index (χ1v) is 4.96. The van der Waals surface area contributed by atoms with E-state index in [4.69, 9.17) is 10.3 Å². The minimum atomic E-state index is -0.417. The van der Waals surface area contributed by atoms with Gasteiger partial charge in [-0.1, -0.05) is 35.5 Å². The molecule has 1 aromatic carbocycles. The summed E-state index contributed by atoms with van der Waals surface area (Å²) in [5.74, 6) is 0.649. The third-order valence-corrected chi connectivity index (χ3v) is 2.48. The van der Waals surface area contributed by atoms with Crippen molar-refractivity contribution in [2.45, 2.75) is 0 Å². The number of aromatic amines is 1. The van der Waals surface area contributed by atoms with Crippen molar-refractivity contribution in [3.63, 3.8) is 0 Å². The van der Waals surface area contributed by atoms with E-state index < -0.39 is 5.56 Å². The molecule has 0 aliphatic rings. The molecule has 0 atom stereocenters. The Morgan fingerprint density at radius 2 is 2.00 bits per heavy atom. The summed E-state index contributed by atoms with van der Waals surface area (Å²) in [6.07, 6.45) is 0. The van der Waals surface area contributed by atoms with E-state index in [1.807, 2.05) is 30.3 Å². The van der Waals surface area contributed by atoms with Gasteiger partial charge in [0.05, 0.1) is 5.39 Å². The fourth-order valence-electron chi connectivity index (χ4n) is 1.69. The summed E-state index contributed by atoms with van der Waals surface area (Å²) in [5, 5.41) is 10.1. The van der Waals surface area contributed by atoms with Gasteiger partial charge in [-0.05, 0) is 0 Å². The molecule has 0 saturated heterocycles. The van der Waals surface area contributed by atoms with E-state index in [9.17, 15) is 4.79 Å². The van der Waals surface area contributed by atoms with Gasteiger partial charge >= 0.3 is 0 Å². The summed E-state index contributed by atoms with van der Waals surface area (Å²) < 4.78 is 5.17. The molecule has 3 aromatic rings. The van der Waals surface area contributed by atoms with Crippen molar-refractivity contribution < 1.29 is 4.52 Å². The molecule has 84 valence electrons. The molecule has 0 saturated carbocycles. The van der Waals surface area contributed by atoms with Crippen LogP contribution in [0.25, 0.3) is 22.2 Å². The van der Waals surface area contributed by atoms with E-state index >= 15 is 0 Å². The van der Waals surface area contributed by atoms with Crippen molar-refractivity contribution >= 4 is 16.7 Å². The minimum absolute atomic E-state index is 0.163. The zero-order valence-electron chi connectivity index (χ0n) is 8.68. The number of nitrogens with two attached hydrogens (primary N) is 1. The molecule has 17 heavy (non-hydrogen) atoms. The average Bonchev–Trinajstić information content (AvgIpc) is 2.81. The van der Waals surface area contributed by atoms with Crippen molar-refractivity contribution in [3.8, 4) is 11.3 Å². The van der Waals surface area contributed by atoms with Crippen molar-refractivity contribution in [2.24, 2.45) is 0 Å². The molecule has 0 unspecified atom stereocenters. The Hall–Kier alpha value is -2.63. The lowest BCUT2D eigenvalue weighted by molar-refractivity contribution is 0.440. The van der Waals surface area contributed by atoms with Crippen molar-refractivity contribution in [2.75, 3.05) is 5.73 Å². The van der Waals surface area contributed by atoms with Crippen LogP contribution in [0.5, 0.6) is 0 Å². The lowest BCUT2D eigenvalue weighted by Gasteiger charge is -1.97. The molecule has 0 fully saturated rings. The Morgan fingerprint density at radius 3 is 2.76 bits per heavy atom. The Bertz CT molecular complexity index is 730. The van der Waals surface area contributed by atoms with Gasteiger partial charge in [-0.15, -0.1) is 0 Å². The molecule has 0 spiro atoms. The number of hydrogen-bond donors (Lipinski definition) is 2. The number of anilines is 1. The van der Waals surface area contributed by atoms with Gasteiger partial charge in [0, 0.05) is 5.56 Å². The molecule has 0 bridgehead atoms. The number of fused-ring (bicyclic) bond motifs is 1. The quantitative estimate of drug-likeness (QED) is 0.651. The number of aromatic nitrogens is 3. The monoisotopic (exact) mass is 228 g/mol. The maximum atomic E-state index is 11.5. The van der Waals surface area contributed by atoms with Crippen LogP contribution in [0.2, 0.25) is 0 Å². The van der Waals surface area contributed by atoms with Crippen LogP contribution in [0, 0.1) is 0 Å². The van der Waals surface area contributed by atoms with Crippen LogP contribution < -0.4 is 11.3 Å². The summed E-state index contributed by atoms with van der Waals surface area (Å²) in [6, 6.07) is 9.30. The standard InChI is InChI=1S/C11H8N4O2/c12-10-7-8(11(16)14-13-10)15-17-9(7)6-4-2-1-3-5-6/h1-5H,(H2,12,13)(H,14,16). The second-order valence-corrected chi connectivity index (χ2v) is 3.54. The highest BCUT2D eigenvalue weighted by atomic mass is 16.5. The smallest absolute Gasteiger partial charge is 0.294 e. The maximum absolute atomic E-state index is 11.5. The third-order valence-electron chi connectivity index (χ3n) is 2.48. The zero-order valence-corrected chi connectivity index (χ0v) is 8.68. The average molecular weight is 228 g/mol. The number of nitrogens with zero attached hydrogens (tertiary/aromatic N) is 2. The number of nitrogens with one attached hydrogen (secondary N) is 1. The number of hydrogen-bond acceptors (Lipinski definition) is 5. The van der Waals surface area contributed by atoms with Crippen LogP contribution in [-0.2, 0) is 0 Å². The first-order chi connectivity index (χ1) is 8.27. The molecule has 2 heterocycles. The SMILES string of the molecule is Nc1n[nH]c(=O)c2noc(-c3ccccc3)c12. The fourth-order valence-corrected chi connectivity index (χ4v) is 1.69. The predicted molar refractivity (Wildman–Crippen MR) is 62.3 cm³/mol. The normalized spacial score (nSPS) is 10.8. The van der Waals surface area contributed by atoms with Crippen LogP contribution in [0.1, 0.15) is 0 Å². The molecule has 6 heteroatoms. The van der Waals surface area contributed by atoms with Gasteiger partial charge in [-0.25, -0.2) is 5.10 Å². The molecule has 0 radical (unpaired) electrons. The molecule has 3 N–H and O–H groups in total. The second kappa shape index (κ2) is 3.44. The largest absolute Gasteiger partial charge is 0.382 e. The molecule has 2 aromatic heterocycles. The van der Waals surface area contributed by atoms with Gasteiger partial charge in [-0.2, -0.15) is 5.10 Å². The van der Waals surface area contributed by atoms with Crippen LogP contribution >= 0.6 is 0 Å². The predicted octanol–water partition coefficient (Wildman–Crippen LogP) is 1.16. The van der Waals surface area contributed by atoms with Gasteiger partial charge in [-0.3, -0.25) is 4.79 Å². The fraction of sp³-hybridized carbons (Fsp3) is 0. The highest BCUT2D eigenvalue weighted by Crippen LogP contribution is 2.29. The van der Waals surface area contributed by atoms with E-state index in [1.54, 1.807) is 0 Å². The van der Waals surface area contributed by atoms with Crippen LogP contribution in [-0.4, -0.2) is 15.4 Å². The second-order valence-electron chi connectivity index (χ2n) is 3.54. The molecular weight excluding hydrogens is 220 g/mol. The van der Waals surface area contributed by atoms with E-state index in [1.165, 1.54) is 0 Å². The minimum Gasteiger partial charge on any atom is -0.382 e. The van der Waals surface area contributed by atoms with Gasteiger partial charge in [0.1, 0.15) is 0 Å². The Kier molecular flexibility index (Phi) is 1.94. The Balaban J connectivity index is 2.40. The van der Waals surface area contributed by atoms with Crippen LogP contribution in [0.15, 0.2) is 39.6 Å². The van der Waals surface area contributed by atoms with Gasteiger partial charge < -0.3 is 10.3 Å². The highest BCUT2D eigenvalue weighted by molar-refractivity contribution is 5.97. The summed E-state index contributed by atoms with van der Waals surface area (Å²) in [4.78, 5) is 11.5. The first kappa shape index (κ1) is 9.59. The Morgan fingerprint density at radius 1 is 1.24 bits per heavy atom. The lowest BCUT2D eigenvalue weighted by atomic mass is 10.1. The van der Waals surface area contributed by atoms with Gasteiger partial charge in [0.2, 0.25) is 0 Å². The van der Waals surface area contributed by atoms with Crippen molar-refractivity contribution in [3.05, 3.63) is 40.7 Å². The maximum Gasteiger partial charge on any atom is 0.294 e. The molecule has 6 nitrogen and oxygen atoms in total. The van der Waals surface area contributed by atoms with E-state index in [2.05, 4.69) is 15.4 Å². The topological polar surface area (TPSA) is 97.8 Å². The van der Waals surface area contributed by atoms with Crippen LogP contribution in [0.3, 0.4) is 0 Å². The molecule has 0 amide bonds. The van der Waals surface area contributed by atoms with E-state index in [0.29, 0.717) is 11.1 Å². The third kappa shape index (κ3) is 1.38. The summed E-state index contributed by atoms with van der Waals surface area (Å²) in [6.45, 7) is 0. The van der Waals surface area contributed by atoms with Crippen LogP contribution in [0.4, 0.5) is 5.82 Å². The van der Waals surface area contributed by atoms with E-state index in [0.717, 1.165) is 5.56 Å². The van der Waals surface area contributed by atoms with Gasteiger partial charge in [0.15, 0.2) is 17.1 Å². The number of rotatable bonds is 1. The highest BCUT2D eigenvalue weighted by Gasteiger charge is 2.16. The number of H-pyrrole nitrogens is 1. The van der Waals surface area contributed by atoms with Crippen molar-refractivity contribution in [1.29, 1.82) is 0 Å². The molecule has 3 rings (SSSR count). The lowest BCUT2D eigenvalue weighted by Crippen LogP contribution is -2.10. The molecular formula is C11H8N4O2.